The van der Waals surface area contributed by atoms with Crippen molar-refractivity contribution < 1.29 is 0 Å². The van der Waals surface area contributed by atoms with Gasteiger partial charge in [0.25, 0.3) is 0 Å². The summed E-state index contributed by atoms with van der Waals surface area (Å²) in [4.78, 5) is 0. The monoisotopic (exact) mass is 270 g/mol. The third-order valence-corrected chi connectivity index (χ3v) is 2.73. The molecule has 0 aliphatic carbocycles. The Morgan fingerprint density at radius 2 is 2.21 bits per heavy atom. The minimum Gasteiger partial charge on any atom is -0.238 e. The standard InChI is InChI=1S/C10H8BrClN2/c1-7-2-3-10(9(11)4-7)14-6-8(12)5-13-14/h2-6H,1H3. The zero-order valence-corrected chi connectivity index (χ0v) is 9.88. The minimum absolute atomic E-state index is 0.637. The van der Waals surface area contributed by atoms with E-state index in [9.17, 15) is 0 Å². The van der Waals surface area contributed by atoms with E-state index >= 15 is 0 Å². The Bertz CT molecular complexity index is 465. The van der Waals surface area contributed by atoms with E-state index in [4.69, 9.17) is 11.6 Å². The average molecular weight is 272 g/mol. The Morgan fingerprint density at radius 1 is 1.43 bits per heavy atom. The predicted molar refractivity (Wildman–Crippen MR) is 61.0 cm³/mol. The largest absolute Gasteiger partial charge is 0.238 e. The fraction of sp³-hybridized carbons (Fsp3) is 0.100. The fourth-order valence-electron chi connectivity index (χ4n) is 1.23. The first-order valence-corrected chi connectivity index (χ1v) is 5.30. The van der Waals surface area contributed by atoms with Crippen molar-refractivity contribution in [2.45, 2.75) is 6.92 Å². The maximum Gasteiger partial charge on any atom is 0.0790 e. The first-order valence-electron chi connectivity index (χ1n) is 4.13. The molecule has 1 aromatic heterocycles. The van der Waals surface area contributed by atoms with Crippen LogP contribution in [-0.4, -0.2) is 9.78 Å². The first-order chi connectivity index (χ1) is 6.66. The summed E-state index contributed by atoms with van der Waals surface area (Å²) in [7, 11) is 0. The molecule has 0 atom stereocenters. The van der Waals surface area contributed by atoms with E-state index < -0.39 is 0 Å². The van der Waals surface area contributed by atoms with Crippen molar-refractivity contribution in [2.75, 3.05) is 0 Å². The van der Waals surface area contributed by atoms with E-state index in [2.05, 4.69) is 21.0 Å². The van der Waals surface area contributed by atoms with Crippen LogP contribution in [0, 0.1) is 6.92 Å². The molecule has 2 rings (SSSR count). The van der Waals surface area contributed by atoms with Crippen molar-refractivity contribution in [2.24, 2.45) is 0 Å². The number of nitrogens with zero attached hydrogens (tertiary/aromatic N) is 2. The molecular weight excluding hydrogens is 263 g/mol. The number of hydrogen-bond donors (Lipinski definition) is 0. The molecule has 14 heavy (non-hydrogen) atoms. The fourth-order valence-corrected chi connectivity index (χ4v) is 2.04. The van der Waals surface area contributed by atoms with Gasteiger partial charge in [-0.2, -0.15) is 5.10 Å². The van der Waals surface area contributed by atoms with Gasteiger partial charge in [-0.3, -0.25) is 0 Å². The minimum atomic E-state index is 0.637. The number of aryl methyl sites for hydroxylation is 1. The van der Waals surface area contributed by atoms with Crippen LogP contribution in [0.4, 0.5) is 0 Å². The summed E-state index contributed by atoms with van der Waals surface area (Å²) in [6.45, 7) is 2.05. The molecule has 0 N–H and O–H groups in total. The molecule has 0 unspecified atom stereocenters. The number of hydrogen-bond acceptors (Lipinski definition) is 1. The van der Waals surface area contributed by atoms with Crippen LogP contribution in [0.5, 0.6) is 0 Å². The van der Waals surface area contributed by atoms with Crippen LogP contribution in [0.25, 0.3) is 5.69 Å². The Balaban J connectivity index is 2.52. The molecule has 1 aromatic carbocycles. The summed E-state index contributed by atoms with van der Waals surface area (Å²) >= 11 is 9.28. The maximum atomic E-state index is 5.80. The van der Waals surface area contributed by atoms with Crippen LogP contribution in [0.2, 0.25) is 5.02 Å². The van der Waals surface area contributed by atoms with Crippen molar-refractivity contribution in [1.29, 1.82) is 0 Å². The van der Waals surface area contributed by atoms with E-state index in [0.29, 0.717) is 5.02 Å². The van der Waals surface area contributed by atoms with Crippen LogP contribution in [0.1, 0.15) is 5.56 Å². The lowest BCUT2D eigenvalue weighted by atomic mass is 10.2. The summed E-state index contributed by atoms with van der Waals surface area (Å²) in [5.41, 5.74) is 2.20. The van der Waals surface area contributed by atoms with Crippen LogP contribution in [0.3, 0.4) is 0 Å². The van der Waals surface area contributed by atoms with Crippen LogP contribution < -0.4 is 0 Å². The number of halogens is 2. The van der Waals surface area contributed by atoms with Gasteiger partial charge in [-0.05, 0) is 40.5 Å². The molecule has 0 aliphatic rings. The molecular formula is C10H8BrClN2. The molecule has 0 radical (unpaired) electrons. The van der Waals surface area contributed by atoms with Gasteiger partial charge in [0.05, 0.1) is 16.9 Å². The van der Waals surface area contributed by atoms with Gasteiger partial charge in [-0.25, -0.2) is 4.68 Å². The molecule has 4 heteroatoms. The predicted octanol–water partition coefficient (Wildman–Crippen LogP) is 3.60. The number of rotatable bonds is 1. The number of aromatic nitrogens is 2. The molecule has 0 aliphatic heterocycles. The zero-order valence-electron chi connectivity index (χ0n) is 7.54. The second-order valence-electron chi connectivity index (χ2n) is 3.06. The smallest absolute Gasteiger partial charge is 0.0790 e. The van der Waals surface area contributed by atoms with E-state index in [1.54, 1.807) is 17.1 Å². The second kappa shape index (κ2) is 3.75. The molecule has 1 heterocycles. The summed E-state index contributed by atoms with van der Waals surface area (Å²) in [5, 5.41) is 4.77. The van der Waals surface area contributed by atoms with Gasteiger partial charge in [-0.15, -0.1) is 0 Å². The summed E-state index contributed by atoms with van der Waals surface area (Å²) in [6, 6.07) is 6.09. The molecule has 2 nitrogen and oxygen atoms in total. The molecule has 0 saturated carbocycles. The van der Waals surface area contributed by atoms with Gasteiger partial charge in [-0.1, -0.05) is 17.7 Å². The van der Waals surface area contributed by atoms with Gasteiger partial charge in [0.1, 0.15) is 0 Å². The van der Waals surface area contributed by atoms with Crippen LogP contribution in [0.15, 0.2) is 35.1 Å². The van der Waals surface area contributed by atoms with Crippen molar-refractivity contribution in [3.8, 4) is 5.69 Å². The van der Waals surface area contributed by atoms with Gasteiger partial charge in [0.15, 0.2) is 0 Å². The Hall–Kier alpha value is -0.800. The van der Waals surface area contributed by atoms with Crippen molar-refractivity contribution in [1.82, 2.24) is 9.78 Å². The lowest BCUT2D eigenvalue weighted by Gasteiger charge is -2.04. The van der Waals surface area contributed by atoms with E-state index in [1.165, 1.54) is 5.56 Å². The highest BCUT2D eigenvalue weighted by Crippen LogP contribution is 2.22. The quantitative estimate of drug-likeness (QED) is 0.775. The highest BCUT2D eigenvalue weighted by molar-refractivity contribution is 9.10. The van der Waals surface area contributed by atoms with E-state index in [1.807, 2.05) is 25.1 Å². The van der Waals surface area contributed by atoms with E-state index in [0.717, 1.165) is 10.2 Å². The Labute approximate surface area is 95.6 Å². The van der Waals surface area contributed by atoms with Crippen molar-refractivity contribution in [3.63, 3.8) is 0 Å². The SMILES string of the molecule is Cc1ccc(-n2cc(Cl)cn2)c(Br)c1. The highest BCUT2D eigenvalue weighted by atomic mass is 79.9. The summed E-state index contributed by atoms with van der Waals surface area (Å²) < 4.78 is 2.75. The average Bonchev–Trinajstić information content (AvgIpc) is 2.51. The lowest BCUT2D eigenvalue weighted by molar-refractivity contribution is 0.875. The third kappa shape index (κ3) is 1.83. The van der Waals surface area contributed by atoms with Crippen LogP contribution in [-0.2, 0) is 0 Å². The van der Waals surface area contributed by atoms with Gasteiger partial charge in [0.2, 0.25) is 0 Å². The normalized spacial score (nSPS) is 10.5. The molecule has 0 fully saturated rings. The molecule has 0 spiro atoms. The lowest BCUT2D eigenvalue weighted by Crippen LogP contribution is -1.95. The van der Waals surface area contributed by atoms with Gasteiger partial charge < -0.3 is 0 Å². The molecule has 0 bridgehead atoms. The Kier molecular flexibility index (Phi) is 2.61. The van der Waals surface area contributed by atoms with Crippen molar-refractivity contribution >= 4 is 27.5 Å². The van der Waals surface area contributed by atoms with Crippen molar-refractivity contribution in [3.05, 3.63) is 45.7 Å². The molecule has 0 amide bonds. The summed E-state index contributed by atoms with van der Waals surface area (Å²) in [5.74, 6) is 0. The number of benzene rings is 1. The zero-order chi connectivity index (χ0) is 10.1. The summed E-state index contributed by atoms with van der Waals surface area (Å²) in [6.07, 6.45) is 3.39. The maximum absolute atomic E-state index is 5.80. The second-order valence-corrected chi connectivity index (χ2v) is 4.35. The molecule has 2 aromatic rings. The van der Waals surface area contributed by atoms with Gasteiger partial charge >= 0.3 is 0 Å². The molecule has 72 valence electrons. The topological polar surface area (TPSA) is 17.8 Å². The van der Waals surface area contributed by atoms with Crippen LogP contribution >= 0.6 is 27.5 Å². The highest BCUT2D eigenvalue weighted by Gasteiger charge is 2.03. The first kappa shape index (κ1) is 9.74. The van der Waals surface area contributed by atoms with E-state index in [-0.39, 0.29) is 0 Å². The van der Waals surface area contributed by atoms with Gasteiger partial charge in [0, 0.05) is 10.7 Å². The molecule has 0 saturated heterocycles. The Morgan fingerprint density at radius 3 is 2.79 bits per heavy atom. The third-order valence-electron chi connectivity index (χ3n) is 1.90.